The van der Waals surface area contributed by atoms with Crippen LogP contribution < -0.4 is 0 Å². The molecule has 0 radical (unpaired) electrons. The second kappa shape index (κ2) is 8.04. The summed E-state index contributed by atoms with van der Waals surface area (Å²) in [5.74, 6) is 0.776. The van der Waals surface area contributed by atoms with E-state index in [4.69, 9.17) is 9.16 Å². The number of benzene rings is 1. The van der Waals surface area contributed by atoms with Crippen LogP contribution in [0.25, 0.3) is 0 Å². The largest absolute Gasteiger partial charge is 0.549 e. The van der Waals surface area contributed by atoms with Crippen LogP contribution in [-0.4, -0.2) is 22.1 Å². The highest BCUT2D eigenvalue weighted by atomic mass is 28.3. The van der Waals surface area contributed by atoms with Gasteiger partial charge in [0.25, 0.3) is 0 Å². The van der Waals surface area contributed by atoms with E-state index in [9.17, 15) is 4.79 Å². The summed E-state index contributed by atoms with van der Waals surface area (Å²) < 4.78 is 11.4. The van der Waals surface area contributed by atoms with E-state index in [1.807, 2.05) is 18.2 Å². The van der Waals surface area contributed by atoms with E-state index < -0.39 is 9.04 Å². The van der Waals surface area contributed by atoms with Gasteiger partial charge in [-0.25, -0.2) is 4.79 Å². The smallest absolute Gasteiger partial charge is 0.337 e. The second-order valence-corrected chi connectivity index (χ2v) is 10.2. The predicted molar refractivity (Wildman–Crippen MR) is 105 cm³/mol. The monoisotopic (exact) mass is 358 g/mol. The highest BCUT2D eigenvalue weighted by Gasteiger charge is 2.38. The molecule has 0 aromatic heterocycles. The van der Waals surface area contributed by atoms with Crippen molar-refractivity contribution in [3.8, 4) is 0 Å². The molecule has 1 aromatic rings. The Labute approximate surface area is 153 Å². The molecule has 136 valence electrons. The molecule has 2 rings (SSSR count). The van der Waals surface area contributed by atoms with Crippen LogP contribution in [0.2, 0.25) is 13.1 Å². The fraction of sp³-hybridized carbons (Fsp3) is 0.476. The highest BCUT2D eigenvalue weighted by Crippen LogP contribution is 2.46. The summed E-state index contributed by atoms with van der Waals surface area (Å²) >= 11 is 0. The summed E-state index contributed by atoms with van der Waals surface area (Å²) in [6, 6.07) is 10.4. The van der Waals surface area contributed by atoms with Gasteiger partial charge in [0.15, 0.2) is 0 Å². The van der Waals surface area contributed by atoms with E-state index in [1.165, 1.54) is 12.7 Å². The first kappa shape index (κ1) is 19.5. The Bertz CT molecular complexity index is 653. The molecule has 0 bridgehead atoms. The van der Waals surface area contributed by atoms with Gasteiger partial charge in [0, 0.05) is 12.3 Å². The van der Waals surface area contributed by atoms with E-state index in [0.717, 1.165) is 5.76 Å². The van der Waals surface area contributed by atoms with Crippen LogP contribution >= 0.6 is 0 Å². The van der Waals surface area contributed by atoms with Gasteiger partial charge in [-0.05, 0) is 30.0 Å². The van der Waals surface area contributed by atoms with Gasteiger partial charge < -0.3 is 9.16 Å². The summed E-state index contributed by atoms with van der Waals surface area (Å²) in [5.41, 5.74) is 1.87. The van der Waals surface area contributed by atoms with Crippen LogP contribution in [0, 0.1) is 11.3 Å². The minimum absolute atomic E-state index is 0.0175. The number of hydrogen-bond acceptors (Lipinski definition) is 3. The van der Waals surface area contributed by atoms with Gasteiger partial charge in [-0.2, -0.15) is 0 Å². The fourth-order valence-electron chi connectivity index (χ4n) is 3.41. The first-order valence-corrected chi connectivity index (χ1v) is 11.7. The predicted octanol–water partition coefficient (Wildman–Crippen LogP) is 4.82. The summed E-state index contributed by atoms with van der Waals surface area (Å²) in [4.78, 5) is 12.5. The van der Waals surface area contributed by atoms with Crippen LogP contribution in [-0.2, 0) is 14.0 Å². The number of ether oxygens (including phenoxy) is 1. The Kier molecular flexibility index (Phi) is 6.28. The van der Waals surface area contributed by atoms with Crippen LogP contribution in [0.15, 0.2) is 53.8 Å². The number of methoxy groups -OCH3 is 1. The van der Waals surface area contributed by atoms with Gasteiger partial charge in [-0.15, -0.1) is 0 Å². The van der Waals surface area contributed by atoms with Gasteiger partial charge in [0.1, 0.15) is 0 Å². The lowest BCUT2D eigenvalue weighted by Gasteiger charge is -2.37. The highest BCUT2D eigenvalue weighted by molar-refractivity contribution is 6.48. The Morgan fingerprint density at radius 1 is 1.16 bits per heavy atom. The summed E-state index contributed by atoms with van der Waals surface area (Å²) in [6.07, 6.45) is 4.90. The first-order valence-electron chi connectivity index (χ1n) is 8.95. The molecule has 0 N–H and O–H groups in total. The Morgan fingerprint density at radius 2 is 1.80 bits per heavy atom. The zero-order chi connectivity index (χ0) is 18.6. The van der Waals surface area contributed by atoms with Gasteiger partial charge in [0.2, 0.25) is 9.04 Å². The molecular weight excluding hydrogens is 328 g/mol. The number of allylic oxidation sites excluding steroid dienone is 3. The van der Waals surface area contributed by atoms with Gasteiger partial charge in [0.05, 0.1) is 18.4 Å². The quantitative estimate of drug-likeness (QED) is 0.440. The van der Waals surface area contributed by atoms with Gasteiger partial charge in [-0.1, -0.05) is 63.3 Å². The average molecular weight is 359 g/mol. The molecule has 1 aliphatic rings. The van der Waals surface area contributed by atoms with Crippen molar-refractivity contribution in [2.45, 2.75) is 46.2 Å². The third-order valence-corrected chi connectivity index (χ3v) is 5.28. The molecule has 2 atom stereocenters. The topological polar surface area (TPSA) is 35.5 Å². The molecule has 0 fully saturated rings. The van der Waals surface area contributed by atoms with Crippen molar-refractivity contribution >= 4 is 15.0 Å². The third kappa shape index (κ3) is 4.63. The average Bonchev–Trinajstić information content (AvgIpc) is 2.74. The normalized spacial score (nSPS) is 21.2. The van der Waals surface area contributed by atoms with Gasteiger partial charge >= 0.3 is 5.97 Å². The molecule has 1 aliphatic carbocycles. The zero-order valence-corrected chi connectivity index (χ0v) is 17.4. The molecule has 0 unspecified atom stereocenters. The lowest BCUT2D eigenvalue weighted by molar-refractivity contribution is -0.136. The Hall–Kier alpha value is -1.81. The molecular formula is C21H30O3Si. The van der Waals surface area contributed by atoms with E-state index in [0.29, 0.717) is 12.0 Å². The number of rotatable bonds is 4. The lowest BCUT2D eigenvalue weighted by Crippen LogP contribution is -2.29. The minimum Gasteiger partial charge on any atom is -0.549 e. The number of hydrogen-bond donors (Lipinski definition) is 0. The molecule has 3 nitrogen and oxygen atoms in total. The molecule has 0 heterocycles. The standard InChI is InChI=1S/C21H30O3Si/c1-21(2,3)17-14-10-13-16(20(22)23-4)19(24-25(5)6)18(17)15-11-8-7-9-12-15/h7-12,14,17-18,25H,13H2,1-6H3/t17-,18-/m0/s1. The van der Waals surface area contributed by atoms with Crippen molar-refractivity contribution < 1.29 is 14.0 Å². The van der Waals surface area contributed by atoms with E-state index in [1.54, 1.807) is 0 Å². The van der Waals surface area contributed by atoms with E-state index in [2.05, 4.69) is 58.2 Å². The van der Waals surface area contributed by atoms with Crippen LogP contribution in [0.4, 0.5) is 0 Å². The molecule has 4 heteroatoms. The summed E-state index contributed by atoms with van der Waals surface area (Å²) in [6.45, 7) is 11.0. The van der Waals surface area contributed by atoms with Crippen LogP contribution in [0.5, 0.6) is 0 Å². The van der Waals surface area contributed by atoms with Gasteiger partial charge in [-0.3, -0.25) is 0 Å². The molecule has 0 spiro atoms. The second-order valence-electron chi connectivity index (χ2n) is 7.91. The molecule has 0 saturated heterocycles. The van der Waals surface area contributed by atoms with Crippen molar-refractivity contribution in [1.29, 1.82) is 0 Å². The number of carbonyl (C=O) groups is 1. The molecule has 25 heavy (non-hydrogen) atoms. The van der Waals surface area contributed by atoms with E-state index in [-0.39, 0.29) is 23.2 Å². The molecule has 0 aliphatic heterocycles. The SMILES string of the molecule is COC(=O)C1=C(O[SiH](C)C)[C@@H](c2ccccc2)[C@@H](C(C)(C)C)C=CC1. The van der Waals surface area contributed by atoms with Crippen LogP contribution in [0.3, 0.4) is 0 Å². The van der Waals surface area contributed by atoms with E-state index >= 15 is 0 Å². The summed E-state index contributed by atoms with van der Waals surface area (Å²) in [7, 11) is 0.0463. The van der Waals surface area contributed by atoms with Crippen molar-refractivity contribution in [1.82, 2.24) is 0 Å². The zero-order valence-electron chi connectivity index (χ0n) is 16.2. The van der Waals surface area contributed by atoms with Crippen LogP contribution in [0.1, 0.15) is 38.7 Å². The number of carbonyl (C=O) groups excluding carboxylic acids is 1. The van der Waals surface area contributed by atoms with Crippen molar-refractivity contribution in [3.05, 3.63) is 59.4 Å². The first-order chi connectivity index (χ1) is 11.8. The maximum absolute atomic E-state index is 12.5. The maximum Gasteiger partial charge on any atom is 0.337 e. The molecule has 1 aromatic carbocycles. The molecule has 0 amide bonds. The number of esters is 1. The Morgan fingerprint density at radius 3 is 2.32 bits per heavy atom. The summed E-state index contributed by atoms with van der Waals surface area (Å²) in [5, 5.41) is 0. The van der Waals surface area contributed by atoms with Crippen molar-refractivity contribution in [3.63, 3.8) is 0 Å². The maximum atomic E-state index is 12.5. The lowest BCUT2D eigenvalue weighted by atomic mass is 9.70. The fourth-order valence-corrected chi connectivity index (χ4v) is 4.20. The third-order valence-electron chi connectivity index (χ3n) is 4.56. The van der Waals surface area contributed by atoms with Crippen molar-refractivity contribution in [2.24, 2.45) is 11.3 Å². The Balaban J connectivity index is 2.69. The minimum atomic E-state index is -1.39. The molecule has 0 saturated carbocycles. The van der Waals surface area contributed by atoms with Crippen molar-refractivity contribution in [2.75, 3.05) is 7.11 Å².